The predicted octanol–water partition coefficient (Wildman–Crippen LogP) is 2.30. The molecule has 0 saturated heterocycles. The molecule has 2 amide bonds. The lowest BCUT2D eigenvalue weighted by Gasteiger charge is -2.22. The second-order valence-electron chi connectivity index (χ2n) is 8.96. The number of fused-ring (bicyclic) bond motifs is 2. The largest absolute Gasteiger partial charge is 0.482 e. The summed E-state index contributed by atoms with van der Waals surface area (Å²) in [7, 11) is 0. The van der Waals surface area contributed by atoms with Gasteiger partial charge in [0.05, 0.1) is 11.2 Å². The zero-order chi connectivity index (χ0) is 25.0. The Hall–Kier alpha value is -3.99. The highest BCUT2D eigenvalue weighted by Gasteiger charge is 2.20. The number of nitrogens with two attached hydrogens (primary N) is 1. The fraction of sp³-hybridized carbons (Fsp3) is 0.348. The maximum Gasteiger partial charge on any atom is 0.339 e. The van der Waals surface area contributed by atoms with Gasteiger partial charge in [0, 0.05) is 18.8 Å². The van der Waals surface area contributed by atoms with Crippen LogP contribution in [0.15, 0.2) is 30.7 Å². The van der Waals surface area contributed by atoms with Crippen LogP contribution in [-0.4, -0.2) is 50.5 Å². The molecule has 1 aromatic carbocycles. The molecule has 0 fully saturated rings. The number of aromatic carboxylic acids is 1. The van der Waals surface area contributed by atoms with Crippen LogP contribution in [0.25, 0.3) is 11.0 Å². The van der Waals surface area contributed by atoms with E-state index in [1.54, 1.807) is 18.2 Å². The molecule has 0 spiro atoms. The molecular formula is C23H28N6O5. The first-order chi connectivity index (χ1) is 16.0. The first-order valence-corrected chi connectivity index (χ1v) is 10.6. The molecule has 1 aliphatic heterocycles. The molecule has 1 atom stereocenters. The summed E-state index contributed by atoms with van der Waals surface area (Å²) in [5, 5.41) is 14.6. The van der Waals surface area contributed by atoms with Crippen LogP contribution in [0.5, 0.6) is 5.75 Å². The molecule has 1 aliphatic rings. The van der Waals surface area contributed by atoms with E-state index in [-0.39, 0.29) is 46.8 Å². The molecule has 34 heavy (non-hydrogen) atoms. The molecule has 180 valence electrons. The Kier molecular flexibility index (Phi) is 7.16. The molecule has 2 aromatic heterocycles. The molecule has 0 aliphatic carbocycles. The number of hydrogen-bond acceptors (Lipinski definition) is 7. The van der Waals surface area contributed by atoms with Crippen LogP contribution in [0.4, 0.5) is 5.69 Å². The highest BCUT2D eigenvalue weighted by atomic mass is 16.5. The van der Waals surface area contributed by atoms with Gasteiger partial charge in [-0.1, -0.05) is 26.8 Å². The summed E-state index contributed by atoms with van der Waals surface area (Å²) in [6.45, 7) is 8.59. The van der Waals surface area contributed by atoms with Crippen LogP contribution in [0.1, 0.15) is 54.1 Å². The third-order valence-electron chi connectivity index (χ3n) is 5.40. The number of aromatic nitrogens is 3. The summed E-state index contributed by atoms with van der Waals surface area (Å²) in [5.74, 6) is -1.31. The number of amides is 2. The number of rotatable bonds is 4. The van der Waals surface area contributed by atoms with E-state index < -0.39 is 11.9 Å². The number of nitrogens with zero attached hydrogens (tertiary/aromatic N) is 2. The maximum atomic E-state index is 12.5. The highest BCUT2D eigenvalue weighted by molar-refractivity contribution is 6.08. The van der Waals surface area contributed by atoms with Crippen molar-refractivity contribution in [2.75, 3.05) is 11.9 Å². The lowest BCUT2D eigenvalue weighted by Crippen LogP contribution is -2.31. The normalized spacial score (nSPS) is 13.6. The van der Waals surface area contributed by atoms with E-state index in [4.69, 9.17) is 15.6 Å². The van der Waals surface area contributed by atoms with E-state index in [0.29, 0.717) is 17.5 Å². The Morgan fingerprint density at radius 3 is 2.65 bits per heavy atom. The zero-order valence-electron chi connectivity index (χ0n) is 19.4. The number of ether oxygens (including phenoxy) is 1. The number of benzene rings is 1. The van der Waals surface area contributed by atoms with Crippen molar-refractivity contribution in [1.29, 1.82) is 0 Å². The zero-order valence-corrected chi connectivity index (χ0v) is 19.4. The molecule has 11 heteroatoms. The minimum absolute atomic E-state index is 0.0265. The molecule has 4 rings (SSSR count). The van der Waals surface area contributed by atoms with Crippen LogP contribution in [-0.2, 0) is 11.3 Å². The fourth-order valence-electron chi connectivity index (χ4n) is 2.78. The summed E-state index contributed by atoms with van der Waals surface area (Å²) < 4.78 is 5.29. The fourth-order valence-corrected chi connectivity index (χ4v) is 2.78. The predicted molar refractivity (Wildman–Crippen MR) is 126 cm³/mol. The standard InChI is InChI=1S/C17H13N5O5.C6H15N/c23-12-6-27-11-2-1-8(3-10(11)22-12)4-19-16(24)15-14-13(20-7-21-15)9(5-18-14)17(25)26;1-5(7)6(2,3)4/h1-3,5,7,18H,4,6H2,(H,19,24)(H,22,23)(H,25,26);5H,7H2,1-4H3/t;5-/m.0/s1. The number of carbonyl (C=O) groups is 3. The Morgan fingerprint density at radius 2 is 2.00 bits per heavy atom. The lowest BCUT2D eigenvalue weighted by molar-refractivity contribution is -0.118. The molecular weight excluding hydrogens is 440 g/mol. The SMILES string of the molecule is C[C@H](N)C(C)(C)C.O=C1COc2ccc(CNC(=O)c3ncnc4c(C(=O)O)c[nH]c34)cc2N1. The molecule has 0 radical (unpaired) electrons. The minimum atomic E-state index is -1.15. The van der Waals surface area contributed by atoms with Gasteiger partial charge in [0.25, 0.3) is 11.8 Å². The van der Waals surface area contributed by atoms with Crippen molar-refractivity contribution >= 4 is 34.5 Å². The van der Waals surface area contributed by atoms with Gasteiger partial charge in [-0.3, -0.25) is 9.59 Å². The number of carbonyl (C=O) groups excluding carboxylic acids is 2. The number of aromatic amines is 1. The smallest absolute Gasteiger partial charge is 0.339 e. The van der Waals surface area contributed by atoms with E-state index in [1.807, 2.05) is 6.92 Å². The Balaban J connectivity index is 0.000000406. The van der Waals surface area contributed by atoms with Crippen LogP contribution < -0.4 is 21.1 Å². The summed E-state index contributed by atoms with van der Waals surface area (Å²) in [5.41, 5.74) is 7.55. The number of anilines is 1. The molecule has 3 heterocycles. The second kappa shape index (κ2) is 9.87. The second-order valence-corrected chi connectivity index (χ2v) is 8.96. The van der Waals surface area contributed by atoms with Gasteiger partial charge in [-0.05, 0) is 30.0 Å². The van der Waals surface area contributed by atoms with Crippen LogP contribution in [0, 0.1) is 5.41 Å². The van der Waals surface area contributed by atoms with Crippen LogP contribution in [0.2, 0.25) is 0 Å². The maximum absolute atomic E-state index is 12.5. The van der Waals surface area contributed by atoms with Crippen molar-refractivity contribution in [2.45, 2.75) is 40.3 Å². The van der Waals surface area contributed by atoms with Gasteiger partial charge in [-0.25, -0.2) is 14.8 Å². The molecule has 11 nitrogen and oxygen atoms in total. The van der Waals surface area contributed by atoms with Crippen molar-refractivity contribution < 1.29 is 24.2 Å². The van der Waals surface area contributed by atoms with Crippen molar-refractivity contribution in [2.24, 2.45) is 11.1 Å². The van der Waals surface area contributed by atoms with Crippen LogP contribution in [0.3, 0.4) is 0 Å². The van der Waals surface area contributed by atoms with Gasteiger partial charge < -0.3 is 31.2 Å². The van der Waals surface area contributed by atoms with Gasteiger partial charge in [0.1, 0.15) is 23.2 Å². The van der Waals surface area contributed by atoms with E-state index in [2.05, 4.69) is 46.4 Å². The average molecular weight is 469 g/mol. The monoisotopic (exact) mass is 468 g/mol. The van der Waals surface area contributed by atoms with E-state index >= 15 is 0 Å². The molecule has 0 saturated carbocycles. The minimum Gasteiger partial charge on any atom is -0.482 e. The lowest BCUT2D eigenvalue weighted by atomic mass is 9.89. The summed E-state index contributed by atoms with van der Waals surface area (Å²) in [6.07, 6.45) is 2.41. The number of nitrogens with one attached hydrogen (secondary N) is 3. The van der Waals surface area contributed by atoms with Crippen molar-refractivity contribution in [3.8, 4) is 5.75 Å². The first-order valence-electron chi connectivity index (χ1n) is 10.6. The first kappa shape index (κ1) is 24.6. The van der Waals surface area contributed by atoms with E-state index in [9.17, 15) is 14.4 Å². The molecule has 0 bridgehead atoms. The highest BCUT2D eigenvalue weighted by Crippen LogP contribution is 2.28. The number of carboxylic acid groups (broad SMARTS) is 1. The number of H-pyrrole nitrogens is 1. The average Bonchev–Trinajstić information content (AvgIpc) is 3.21. The molecule has 3 aromatic rings. The van der Waals surface area contributed by atoms with E-state index in [1.165, 1.54) is 6.20 Å². The van der Waals surface area contributed by atoms with Gasteiger partial charge in [0.15, 0.2) is 12.3 Å². The van der Waals surface area contributed by atoms with Crippen LogP contribution >= 0.6 is 0 Å². The summed E-state index contributed by atoms with van der Waals surface area (Å²) in [4.78, 5) is 45.7. The van der Waals surface area contributed by atoms with E-state index in [0.717, 1.165) is 11.9 Å². The number of hydrogen-bond donors (Lipinski definition) is 5. The Labute approximate surface area is 196 Å². The van der Waals surface area contributed by atoms with Gasteiger partial charge in [-0.15, -0.1) is 0 Å². The van der Waals surface area contributed by atoms with Crippen molar-refractivity contribution in [3.05, 3.63) is 47.5 Å². The van der Waals surface area contributed by atoms with Gasteiger partial charge >= 0.3 is 5.97 Å². The van der Waals surface area contributed by atoms with Gasteiger partial charge in [-0.2, -0.15) is 0 Å². The quantitative estimate of drug-likeness (QED) is 0.388. The Bertz CT molecular complexity index is 1230. The third-order valence-corrected chi connectivity index (χ3v) is 5.40. The Morgan fingerprint density at radius 1 is 1.29 bits per heavy atom. The summed E-state index contributed by atoms with van der Waals surface area (Å²) >= 11 is 0. The third kappa shape index (κ3) is 5.67. The van der Waals surface area contributed by atoms with Crippen molar-refractivity contribution in [1.82, 2.24) is 20.3 Å². The van der Waals surface area contributed by atoms with Gasteiger partial charge in [0.2, 0.25) is 0 Å². The molecule has 0 unspecified atom stereocenters. The number of carboxylic acids is 1. The van der Waals surface area contributed by atoms with Crippen molar-refractivity contribution in [3.63, 3.8) is 0 Å². The molecule has 6 N–H and O–H groups in total. The topological polar surface area (TPSA) is 172 Å². The summed E-state index contributed by atoms with van der Waals surface area (Å²) in [6, 6.07) is 5.49.